The largest absolute Gasteiger partial charge is 0.851 e. The van der Waals surface area contributed by atoms with Gasteiger partial charge in [0.05, 0.1) is 16.4 Å². The Morgan fingerprint density at radius 2 is 1.74 bits per heavy atom. The summed E-state index contributed by atoms with van der Waals surface area (Å²) in [5.74, 6) is -1.64. The Hall–Kier alpha value is -2.51. The SMILES string of the molecule is Cc1[nH]n(-c2ccccc2)c(=O)c1C1C([O-])C(/C=C2/N(C)c3c(Cl)cc(Cl)cc3C2(C)C)C1[O-]. The first-order valence-corrected chi connectivity index (χ1v) is 11.9. The van der Waals surface area contributed by atoms with Crippen LogP contribution in [0.1, 0.15) is 36.6 Å². The topological polar surface area (TPSA) is 87.1 Å². The Morgan fingerprint density at radius 3 is 2.38 bits per heavy atom. The number of fused-ring (bicyclic) bond motifs is 1. The quantitative estimate of drug-likeness (QED) is 0.601. The maximum atomic E-state index is 13.3. The lowest BCUT2D eigenvalue weighted by atomic mass is 9.65. The summed E-state index contributed by atoms with van der Waals surface area (Å²) < 4.78 is 1.39. The number of benzene rings is 2. The van der Waals surface area contributed by atoms with E-state index in [2.05, 4.69) is 5.10 Å². The molecule has 8 heteroatoms. The lowest BCUT2D eigenvalue weighted by Gasteiger charge is -2.60. The Balaban J connectivity index is 1.48. The fourth-order valence-corrected chi connectivity index (χ4v) is 6.12. The number of rotatable bonds is 3. The number of anilines is 1. The third-order valence-electron chi connectivity index (χ3n) is 7.32. The molecule has 0 saturated heterocycles. The van der Waals surface area contributed by atoms with Crippen molar-refractivity contribution >= 4 is 28.9 Å². The molecule has 0 radical (unpaired) electrons. The second-order valence-corrected chi connectivity index (χ2v) is 10.5. The number of aromatic nitrogens is 2. The zero-order chi connectivity index (χ0) is 24.5. The number of H-pyrrole nitrogens is 1. The maximum absolute atomic E-state index is 13.3. The molecular weight excluding hydrogens is 473 g/mol. The standard InChI is InChI=1S/C26H25Cl2N3O3/c1-13-20(25(34)31(29-13)15-8-6-5-7-9-15)21-23(32)16(24(21)33)12-19-26(2,3)17-10-14(27)11-18(28)22(17)30(19)4/h5-12,16,21,23-24,29H,1-4H3/q-2/b19-12+. The zero-order valence-corrected chi connectivity index (χ0v) is 20.8. The maximum Gasteiger partial charge on any atom is 0.274 e. The van der Waals surface area contributed by atoms with E-state index in [0.717, 1.165) is 16.9 Å². The molecule has 1 aromatic heterocycles. The molecule has 0 spiro atoms. The molecule has 2 aliphatic rings. The van der Waals surface area contributed by atoms with Crippen LogP contribution in [0, 0.1) is 12.8 Å². The number of hydrogen-bond donors (Lipinski definition) is 1. The van der Waals surface area contributed by atoms with Crippen molar-refractivity contribution in [3.8, 4) is 5.69 Å². The molecule has 178 valence electrons. The van der Waals surface area contributed by atoms with Crippen LogP contribution in [-0.2, 0) is 5.41 Å². The van der Waals surface area contributed by atoms with Gasteiger partial charge in [0.2, 0.25) is 0 Å². The van der Waals surface area contributed by atoms with Crippen LogP contribution in [0.4, 0.5) is 5.69 Å². The fraction of sp³-hybridized carbons (Fsp3) is 0.346. The molecule has 2 atom stereocenters. The highest BCUT2D eigenvalue weighted by molar-refractivity contribution is 6.37. The first-order chi connectivity index (χ1) is 16.0. The van der Waals surface area contributed by atoms with Crippen LogP contribution in [-0.4, -0.2) is 29.0 Å². The number of para-hydroxylation sites is 1. The molecule has 2 unspecified atom stereocenters. The number of aromatic amines is 1. The van der Waals surface area contributed by atoms with Crippen molar-refractivity contribution in [2.75, 3.05) is 11.9 Å². The van der Waals surface area contributed by atoms with E-state index in [9.17, 15) is 15.0 Å². The lowest BCUT2D eigenvalue weighted by molar-refractivity contribution is -0.543. The van der Waals surface area contributed by atoms with Crippen LogP contribution >= 0.6 is 23.2 Å². The normalized spacial score (nSPS) is 26.6. The summed E-state index contributed by atoms with van der Waals surface area (Å²) in [5.41, 5.74) is 3.30. The van der Waals surface area contributed by atoms with E-state index >= 15 is 0 Å². The third-order valence-corrected chi connectivity index (χ3v) is 7.83. The second kappa shape index (κ2) is 8.02. The van der Waals surface area contributed by atoms with Gasteiger partial charge in [-0.25, -0.2) is 4.68 Å². The number of halogens is 2. The average molecular weight is 498 g/mol. The van der Waals surface area contributed by atoms with Gasteiger partial charge in [-0.15, -0.1) is 12.2 Å². The highest BCUT2D eigenvalue weighted by Gasteiger charge is 2.44. The molecule has 3 aromatic rings. The molecule has 2 aromatic carbocycles. The van der Waals surface area contributed by atoms with E-state index in [1.165, 1.54) is 4.68 Å². The van der Waals surface area contributed by atoms with Crippen LogP contribution in [0.15, 0.2) is 59.0 Å². The summed E-state index contributed by atoms with van der Waals surface area (Å²) in [6, 6.07) is 12.7. The first kappa shape index (κ1) is 23.2. The van der Waals surface area contributed by atoms with Gasteiger partial charge in [0, 0.05) is 34.4 Å². The lowest BCUT2D eigenvalue weighted by Crippen LogP contribution is -2.65. The summed E-state index contributed by atoms with van der Waals surface area (Å²) >= 11 is 12.7. The van der Waals surface area contributed by atoms with Gasteiger partial charge in [-0.3, -0.25) is 9.89 Å². The molecule has 2 heterocycles. The van der Waals surface area contributed by atoms with Crippen molar-refractivity contribution in [2.24, 2.45) is 5.92 Å². The molecule has 1 N–H and O–H groups in total. The molecule has 1 fully saturated rings. The summed E-state index contributed by atoms with van der Waals surface area (Å²) in [6.07, 6.45) is -0.643. The van der Waals surface area contributed by atoms with Gasteiger partial charge in [0.25, 0.3) is 5.56 Å². The number of nitrogens with one attached hydrogen (secondary N) is 1. The molecule has 5 rings (SSSR count). The first-order valence-electron chi connectivity index (χ1n) is 11.2. The number of allylic oxidation sites excluding steroid dienone is 1. The van der Waals surface area contributed by atoms with E-state index in [-0.39, 0.29) is 11.1 Å². The summed E-state index contributed by atoms with van der Waals surface area (Å²) in [4.78, 5) is 15.1. The average Bonchev–Trinajstić information content (AvgIpc) is 3.17. The Bertz CT molecular complexity index is 1350. The number of hydrogen-bond acceptors (Lipinski definition) is 4. The Morgan fingerprint density at radius 1 is 1.09 bits per heavy atom. The van der Waals surface area contributed by atoms with Crippen molar-refractivity contribution in [3.05, 3.63) is 91.5 Å². The van der Waals surface area contributed by atoms with Crippen LogP contribution in [0.3, 0.4) is 0 Å². The van der Waals surface area contributed by atoms with Crippen LogP contribution in [0.25, 0.3) is 5.69 Å². The molecule has 0 amide bonds. The van der Waals surface area contributed by atoms with Crippen molar-refractivity contribution in [1.82, 2.24) is 9.78 Å². The van der Waals surface area contributed by atoms with E-state index in [1.54, 1.807) is 31.2 Å². The Kier molecular flexibility index (Phi) is 5.48. The second-order valence-electron chi connectivity index (χ2n) is 9.68. The van der Waals surface area contributed by atoms with Crippen molar-refractivity contribution in [2.45, 2.75) is 44.3 Å². The minimum Gasteiger partial charge on any atom is -0.851 e. The van der Waals surface area contributed by atoms with Gasteiger partial charge in [-0.2, -0.15) is 0 Å². The smallest absolute Gasteiger partial charge is 0.274 e. The van der Waals surface area contributed by atoms with Crippen molar-refractivity contribution < 1.29 is 10.2 Å². The van der Waals surface area contributed by atoms with Crippen LogP contribution < -0.4 is 20.7 Å². The van der Waals surface area contributed by atoms with E-state index < -0.39 is 29.5 Å². The highest BCUT2D eigenvalue weighted by Crippen LogP contribution is 2.52. The highest BCUT2D eigenvalue weighted by atomic mass is 35.5. The number of aryl methyl sites for hydroxylation is 1. The molecule has 0 bridgehead atoms. The predicted molar refractivity (Wildman–Crippen MR) is 131 cm³/mol. The molecule has 1 aliphatic heterocycles. The van der Waals surface area contributed by atoms with Crippen molar-refractivity contribution in [1.29, 1.82) is 0 Å². The van der Waals surface area contributed by atoms with Crippen molar-refractivity contribution in [3.63, 3.8) is 0 Å². The monoisotopic (exact) mass is 497 g/mol. The number of nitrogens with zero attached hydrogens (tertiary/aromatic N) is 2. The molecular formula is C26H25Cl2N3O3-2. The number of likely N-dealkylation sites (N-methyl/N-ethyl adjacent to an activating group) is 1. The molecule has 34 heavy (non-hydrogen) atoms. The van der Waals surface area contributed by atoms with Gasteiger partial charge in [-0.05, 0) is 48.6 Å². The molecule has 6 nitrogen and oxygen atoms in total. The minimum atomic E-state index is -1.21. The predicted octanol–water partition coefficient (Wildman–Crippen LogP) is 3.26. The molecule has 1 aliphatic carbocycles. The van der Waals surface area contributed by atoms with E-state index in [0.29, 0.717) is 21.4 Å². The fourth-order valence-electron chi connectivity index (χ4n) is 5.50. The van der Waals surface area contributed by atoms with Gasteiger partial charge in [-0.1, -0.05) is 61.3 Å². The zero-order valence-electron chi connectivity index (χ0n) is 19.3. The van der Waals surface area contributed by atoms with Gasteiger partial charge in [0.1, 0.15) is 0 Å². The van der Waals surface area contributed by atoms with E-state index in [1.807, 2.05) is 50.1 Å². The summed E-state index contributed by atoms with van der Waals surface area (Å²) in [7, 11) is 1.88. The van der Waals surface area contributed by atoms with Gasteiger partial charge >= 0.3 is 0 Å². The van der Waals surface area contributed by atoms with Crippen LogP contribution in [0.5, 0.6) is 0 Å². The van der Waals surface area contributed by atoms with Gasteiger partial charge < -0.3 is 15.1 Å². The molecule has 1 saturated carbocycles. The Labute approximate surface area is 208 Å². The third kappa shape index (κ3) is 3.28. The van der Waals surface area contributed by atoms with Gasteiger partial charge in [0.15, 0.2) is 0 Å². The minimum absolute atomic E-state index is 0.288. The van der Waals surface area contributed by atoms with E-state index in [4.69, 9.17) is 23.2 Å². The summed E-state index contributed by atoms with van der Waals surface area (Å²) in [5, 5.41) is 30.8. The summed E-state index contributed by atoms with van der Waals surface area (Å²) in [6.45, 7) is 5.79. The van der Waals surface area contributed by atoms with Crippen LogP contribution in [0.2, 0.25) is 10.0 Å².